The molecule has 0 aromatic heterocycles. The maximum absolute atomic E-state index is 14.4. The molecule has 2 N–H and O–H groups in total. The molecule has 0 spiro atoms. The maximum atomic E-state index is 14.4. The highest BCUT2D eigenvalue weighted by molar-refractivity contribution is 7.90. The number of benzene rings is 4. The van der Waals surface area contributed by atoms with E-state index in [4.69, 9.17) is 10.5 Å². The Bertz CT molecular complexity index is 1540. The van der Waals surface area contributed by atoms with Crippen molar-refractivity contribution in [3.63, 3.8) is 0 Å². The monoisotopic (exact) mass is 483 g/mol. The van der Waals surface area contributed by atoms with Gasteiger partial charge in [-0.25, -0.2) is 21.6 Å². The Labute approximate surface area is 194 Å². The first-order valence-electron chi connectivity index (χ1n) is 10.5. The van der Waals surface area contributed by atoms with Crippen LogP contribution in [0.2, 0.25) is 0 Å². The van der Waals surface area contributed by atoms with Crippen LogP contribution >= 0.6 is 0 Å². The molecule has 4 nitrogen and oxygen atoms in total. The molecule has 8 heteroatoms. The van der Waals surface area contributed by atoms with Crippen LogP contribution in [-0.2, 0) is 16.3 Å². The van der Waals surface area contributed by atoms with Gasteiger partial charge >= 0.3 is 0 Å². The minimum absolute atomic E-state index is 0.128. The van der Waals surface area contributed by atoms with Gasteiger partial charge in [0.1, 0.15) is 17.7 Å². The van der Waals surface area contributed by atoms with Gasteiger partial charge in [-0.15, -0.1) is 0 Å². The maximum Gasteiger partial charge on any atom is 0.175 e. The summed E-state index contributed by atoms with van der Waals surface area (Å²) in [6.07, 6.45) is 0.533. The molecular formula is C26H20F3NO3S. The number of halogens is 3. The molecule has 1 aliphatic heterocycles. The summed E-state index contributed by atoms with van der Waals surface area (Å²) in [5, 5.41) is 1.84. The van der Waals surface area contributed by atoms with Gasteiger partial charge in [0.2, 0.25) is 0 Å². The van der Waals surface area contributed by atoms with Gasteiger partial charge in [-0.05, 0) is 58.7 Å². The average molecular weight is 484 g/mol. The summed E-state index contributed by atoms with van der Waals surface area (Å²) in [5.41, 5.74) is 8.74. The quantitative estimate of drug-likeness (QED) is 0.400. The number of hydrogen-bond acceptors (Lipinski definition) is 4. The fraction of sp³-hybridized carbons (Fsp3) is 0.154. The lowest BCUT2D eigenvalue weighted by Crippen LogP contribution is -2.38. The Morgan fingerprint density at radius 3 is 2.21 bits per heavy atom. The molecule has 4 aromatic rings. The summed E-state index contributed by atoms with van der Waals surface area (Å²) in [7, 11) is -3.29. The zero-order valence-electron chi connectivity index (χ0n) is 18.1. The Morgan fingerprint density at radius 2 is 1.50 bits per heavy atom. The number of nitrogens with two attached hydrogens (primary N) is 1. The number of ether oxygens (including phenoxy) is 1. The van der Waals surface area contributed by atoms with E-state index in [2.05, 4.69) is 0 Å². The number of hydrogen-bond donors (Lipinski definition) is 1. The first kappa shape index (κ1) is 22.4. The fourth-order valence-corrected chi connectivity index (χ4v) is 5.00. The van der Waals surface area contributed by atoms with Crippen LogP contribution in [0.1, 0.15) is 17.2 Å². The van der Waals surface area contributed by atoms with Gasteiger partial charge in [-0.2, -0.15) is 0 Å². The van der Waals surface area contributed by atoms with Crippen molar-refractivity contribution in [1.82, 2.24) is 0 Å². The van der Waals surface area contributed by atoms with Crippen LogP contribution in [0.25, 0.3) is 21.9 Å². The first-order chi connectivity index (χ1) is 16.1. The summed E-state index contributed by atoms with van der Waals surface area (Å²) in [6, 6.07) is 16.7. The van der Waals surface area contributed by atoms with Gasteiger partial charge in [0, 0.05) is 23.4 Å². The van der Waals surface area contributed by atoms with E-state index in [0.717, 1.165) is 39.8 Å². The molecule has 1 aliphatic rings. The molecule has 5 rings (SSSR count). The van der Waals surface area contributed by atoms with E-state index in [1.54, 1.807) is 30.3 Å². The fourth-order valence-electron chi connectivity index (χ4n) is 4.37. The van der Waals surface area contributed by atoms with Gasteiger partial charge in [0.25, 0.3) is 0 Å². The van der Waals surface area contributed by atoms with Crippen molar-refractivity contribution in [2.45, 2.75) is 23.5 Å². The molecule has 0 bridgehead atoms. The zero-order chi connectivity index (χ0) is 24.2. The molecular weight excluding hydrogens is 463 g/mol. The predicted octanol–water partition coefficient (Wildman–Crippen LogP) is 5.33. The molecule has 0 radical (unpaired) electrons. The van der Waals surface area contributed by atoms with Crippen molar-refractivity contribution >= 4 is 20.6 Å². The molecule has 34 heavy (non-hydrogen) atoms. The Balaban J connectivity index is 1.55. The normalized spacial score (nSPS) is 17.9. The average Bonchev–Trinajstić information content (AvgIpc) is 2.80. The van der Waals surface area contributed by atoms with E-state index in [9.17, 15) is 21.6 Å². The van der Waals surface area contributed by atoms with Crippen molar-refractivity contribution in [2.24, 2.45) is 5.73 Å². The molecule has 0 saturated heterocycles. The third kappa shape index (κ3) is 3.93. The number of sulfone groups is 1. The summed E-state index contributed by atoms with van der Waals surface area (Å²) in [4.78, 5) is 0.240. The van der Waals surface area contributed by atoms with Crippen LogP contribution in [0.4, 0.5) is 13.2 Å². The van der Waals surface area contributed by atoms with Crippen LogP contribution in [0.3, 0.4) is 0 Å². The van der Waals surface area contributed by atoms with Crippen molar-refractivity contribution in [3.8, 4) is 16.9 Å². The molecule has 0 amide bonds. The largest absolute Gasteiger partial charge is 0.484 e. The highest BCUT2D eigenvalue weighted by atomic mass is 32.2. The standard InChI is InChI=1S/C26H20F3NO3S/c1-34(31,32)17-7-4-14(5-8-17)16-3-2-15-6-9-25-19(18(15)10-16)12-24(30)26(33-25)20-11-22(28)23(29)13-21(20)27/h2-11,13,24,26H,12,30H2,1H3/t24-,26+/m0/s1. The summed E-state index contributed by atoms with van der Waals surface area (Å²) in [6.45, 7) is 0. The lowest BCUT2D eigenvalue weighted by atomic mass is 9.89. The smallest absolute Gasteiger partial charge is 0.175 e. The molecule has 0 saturated carbocycles. The molecule has 1 heterocycles. The minimum Gasteiger partial charge on any atom is -0.484 e. The van der Waals surface area contributed by atoms with Gasteiger partial charge in [0.15, 0.2) is 21.5 Å². The van der Waals surface area contributed by atoms with Gasteiger partial charge < -0.3 is 10.5 Å². The lowest BCUT2D eigenvalue weighted by molar-refractivity contribution is 0.149. The van der Waals surface area contributed by atoms with Crippen molar-refractivity contribution in [1.29, 1.82) is 0 Å². The van der Waals surface area contributed by atoms with Crippen LogP contribution in [-0.4, -0.2) is 20.7 Å². The van der Waals surface area contributed by atoms with E-state index in [1.807, 2.05) is 24.3 Å². The highest BCUT2D eigenvalue weighted by Crippen LogP contribution is 2.40. The van der Waals surface area contributed by atoms with E-state index < -0.39 is 39.4 Å². The summed E-state index contributed by atoms with van der Waals surface area (Å²) >= 11 is 0. The molecule has 4 aromatic carbocycles. The topological polar surface area (TPSA) is 69.4 Å². The third-order valence-electron chi connectivity index (χ3n) is 6.13. The van der Waals surface area contributed by atoms with Gasteiger partial charge in [-0.1, -0.05) is 30.3 Å². The summed E-state index contributed by atoms with van der Waals surface area (Å²) < 4.78 is 71.0. The highest BCUT2D eigenvalue weighted by Gasteiger charge is 2.32. The second-order valence-electron chi connectivity index (χ2n) is 8.47. The van der Waals surface area contributed by atoms with Crippen LogP contribution in [0.15, 0.2) is 71.6 Å². The zero-order valence-corrected chi connectivity index (χ0v) is 18.9. The van der Waals surface area contributed by atoms with Crippen molar-refractivity contribution < 1.29 is 26.3 Å². The van der Waals surface area contributed by atoms with E-state index >= 15 is 0 Å². The number of fused-ring (bicyclic) bond motifs is 3. The van der Waals surface area contributed by atoms with E-state index in [0.29, 0.717) is 18.2 Å². The SMILES string of the molecule is CS(=O)(=O)c1ccc(-c2ccc3ccc4c(c3c2)C[C@H](N)[C@@H](c2cc(F)c(F)cc2F)O4)cc1. The van der Waals surface area contributed by atoms with Gasteiger partial charge in [0.05, 0.1) is 10.9 Å². The Hall–Kier alpha value is -3.36. The van der Waals surface area contributed by atoms with E-state index in [1.165, 1.54) is 0 Å². The third-order valence-corrected chi connectivity index (χ3v) is 7.26. The van der Waals surface area contributed by atoms with Gasteiger partial charge in [-0.3, -0.25) is 0 Å². The lowest BCUT2D eigenvalue weighted by Gasteiger charge is -2.32. The minimum atomic E-state index is -3.29. The van der Waals surface area contributed by atoms with Crippen LogP contribution in [0, 0.1) is 17.5 Å². The van der Waals surface area contributed by atoms with Crippen LogP contribution < -0.4 is 10.5 Å². The predicted molar refractivity (Wildman–Crippen MR) is 124 cm³/mol. The second-order valence-corrected chi connectivity index (χ2v) is 10.5. The molecule has 0 fully saturated rings. The second kappa shape index (κ2) is 8.14. The summed E-state index contributed by atoms with van der Waals surface area (Å²) in [5.74, 6) is -2.85. The Morgan fingerprint density at radius 1 is 0.853 bits per heavy atom. The first-order valence-corrected chi connectivity index (χ1v) is 12.4. The molecule has 2 atom stereocenters. The molecule has 174 valence electrons. The Kier molecular flexibility index (Phi) is 5.37. The van der Waals surface area contributed by atoms with E-state index in [-0.39, 0.29) is 10.5 Å². The van der Waals surface area contributed by atoms with Crippen LogP contribution in [0.5, 0.6) is 5.75 Å². The molecule has 0 aliphatic carbocycles. The van der Waals surface area contributed by atoms with Crippen molar-refractivity contribution in [3.05, 3.63) is 95.3 Å². The molecule has 0 unspecified atom stereocenters. The van der Waals surface area contributed by atoms with Crippen molar-refractivity contribution in [2.75, 3.05) is 6.26 Å². The number of rotatable bonds is 3.